The average Bonchev–Trinajstić information content (AvgIpc) is 3.82. The third kappa shape index (κ3) is 7.26. The summed E-state index contributed by atoms with van der Waals surface area (Å²) in [5.41, 5.74) is 2.72. The Balaban J connectivity index is 1.07. The van der Waals surface area contributed by atoms with Gasteiger partial charge >= 0.3 is 11.3 Å². The van der Waals surface area contributed by atoms with Crippen LogP contribution in [0.15, 0.2) is 133 Å². The molecule has 4 aromatic carbocycles. The van der Waals surface area contributed by atoms with Crippen molar-refractivity contribution in [2.24, 2.45) is 9.98 Å². The third-order valence-electron chi connectivity index (χ3n) is 8.18. The quantitative estimate of drug-likeness (QED) is 0.113. The summed E-state index contributed by atoms with van der Waals surface area (Å²) in [4.78, 5) is 43.7. The second-order valence-electron chi connectivity index (χ2n) is 11.7. The summed E-state index contributed by atoms with van der Waals surface area (Å²) >= 11 is 9.28. The molecular weight excluding hydrogens is 844 g/mol. The number of nitrogens with zero attached hydrogens (tertiary/aromatic N) is 4. The van der Waals surface area contributed by atoms with Crippen LogP contribution in [0.4, 0.5) is 10.3 Å². The molecule has 8 rings (SSSR count). The molecule has 8 aromatic rings. The van der Waals surface area contributed by atoms with Crippen molar-refractivity contribution < 1.29 is 19.0 Å². The highest BCUT2D eigenvalue weighted by atomic mass is 79.9. The van der Waals surface area contributed by atoms with Crippen LogP contribution in [-0.4, -0.2) is 32.6 Å². The lowest BCUT2D eigenvalue weighted by molar-refractivity contribution is 0.470. The van der Waals surface area contributed by atoms with Gasteiger partial charge in [-0.2, -0.15) is 0 Å². The zero-order valence-electron chi connectivity index (χ0n) is 27.0. The zero-order valence-corrected chi connectivity index (χ0v) is 31.8. The van der Waals surface area contributed by atoms with Gasteiger partial charge in [-0.3, -0.25) is 0 Å². The number of hydrogen-bond donors (Lipinski definition) is 2. The van der Waals surface area contributed by atoms with Crippen LogP contribution in [0.1, 0.15) is 22.3 Å². The van der Waals surface area contributed by atoms with Crippen molar-refractivity contribution in [1.29, 1.82) is 0 Å². The highest BCUT2D eigenvalue weighted by Gasteiger charge is 2.21. The SMILES string of the molecule is O=c1oc2ccc(Cc3ccc4oc(=O)c(-c5csc(/N=C\c6ccc(Br)cc6)n5)c(O)c4c3)cc2c(O)c1-c1csc(/N=C\c2ccc(Br)cc2)n1. The lowest BCUT2D eigenvalue weighted by Crippen LogP contribution is -2.04. The molecule has 0 aliphatic heterocycles. The largest absolute Gasteiger partial charge is 0.506 e. The maximum absolute atomic E-state index is 13.0. The molecule has 53 heavy (non-hydrogen) atoms. The van der Waals surface area contributed by atoms with Gasteiger partial charge in [-0.25, -0.2) is 29.5 Å². The molecule has 14 heteroatoms. The number of thiazole rings is 2. The van der Waals surface area contributed by atoms with Crippen LogP contribution in [0.2, 0.25) is 0 Å². The number of aliphatic imine (C=N–C) groups is 2. The Morgan fingerprint density at radius 1 is 0.623 bits per heavy atom. The molecule has 0 spiro atoms. The normalized spacial score (nSPS) is 11.8. The van der Waals surface area contributed by atoms with E-state index in [0.29, 0.717) is 27.5 Å². The maximum atomic E-state index is 13.0. The summed E-state index contributed by atoms with van der Waals surface area (Å²) in [6.45, 7) is 0. The van der Waals surface area contributed by atoms with E-state index in [1.54, 1.807) is 59.6 Å². The summed E-state index contributed by atoms with van der Waals surface area (Å²) in [7, 11) is 0. The number of rotatable bonds is 8. The first-order valence-corrected chi connectivity index (χ1v) is 19.1. The first-order valence-electron chi connectivity index (χ1n) is 15.8. The molecule has 0 aliphatic carbocycles. The predicted octanol–water partition coefficient (Wildman–Crippen LogP) is 10.2. The van der Waals surface area contributed by atoms with Gasteiger partial charge in [0.1, 0.15) is 33.8 Å². The summed E-state index contributed by atoms with van der Waals surface area (Å²) in [5.74, 6) is -0.503. The Hall–Kier alpha value is -5.54. The molecule has 4 aromatic heterocycles. The number of aromatic nitrogens is 2. The monoisotopic (exact) mass is 864 g/mol. The minimum atomic E-state index is -0.720. The third-order valence-corrected chi connectivity index (χ3v) is 10.7. The maximum Gasteiger partial charge on any atom is 0.349 e. The first kappa shape index (κ1) is 34.5. The molecule has 0 unspecified atom stereocenters. The molecule has 10 nitrogen and oxygen atoms in total. The predicted molar refractivity (Wildman–Crippen MR) is 216 cm³/mol. The molecule has 0 saturated heterocycles. The van der Waals surface area contributed by atoms with Gasteiger partial charge in [0.2, 0.25) is 10.3 Å². The lowest BCUT2D eigenvalue weighted by atomic mass is 10.00. The molecule has 0 radical (unpaired) electrons. The fourth-order valence-electron chi connectivity index (χ4n) is 5.61. The van der Waals surface area contributed by atoms with Gasteiger partial charge in [0, 0.05) is 32.1 Å². The smallest absolute Gasteiger partial charge is 0.349 e. The molecular formula is C39H22Br2N4O6S2. The Bertz CT molecular complexity index is 2670. The lowest BCUT2D eigenvalue weighted by Gasteiger charge is -2.09. The highest BCUT2D eigenvalue weighted by molar-refractivity contribution is 9.10. The topological polar surface area (TPSA) is 151 Å². The fourth-order valence-corrected chi connectivity index (χ4v) is 7.44. The summed E-state index contributed by atoms with van der Waals surface area (Å²) in [5, 5.41) is 27.5. The van der Waals surface area contributed by atoms with Crippen LogP contribution in [0, 0.1) is 0 Å². The number of aromatic hydroxyl groups is 2. The van der Waals surface area contributed by atoms with Crippen LogP contribution in [0.3, 0.4) is 0 Å². The molecule has 0 amide bonds. The van der Waals surface area contributed by atoms with E-state index in [0.717, 1.165) is 31.2 Å². The average molecular weight is 867 g/mol. The van der Waals surface area contributed by atoms with Crippen molar-refractivity contribution >= 4 is 99.2 Å². The second kappa shape index (κ2) is 14.5. The molecule has 0 saturated carbocycles. The van der Waals surface area contributed by atoms with Crippen LogP contribution < -0.4 is 11.3 Å². The van der Waals surface area contributed by atoms with Gasteiger partial charge in [0.25, 0.3) is 0 Å². The molecule has 4 heterocycles. The summed E-state index contributed by atoms with van der Waals surface area (Å²) in [6, 6.07) is 25.5. The Morgan fingerprint density at radius 2 is 1.04 bits per heavy atom. The van der Waals surface area contributed by atoms with Gasteiger partial charge in [-0.15, -0.1) is 22.7 Å². The highest BCUT2D eigenvalue weighted by Crippen LogP contribution is 2.38. The van der Waals surface area contributed by atoms with Gasteiger partial charge in [0.15, 0.2) is 0 Å². The summed E-state index contributed by atoms with van der Waals surface area (Å²) < 4.78 is 13.1. The van der Waals surface area contributed by atoms with E-state index in [4.69, 9.17) is 8.83 Å². The summed E-state index contributed by atoms with van der Waals surface area (Å²) in [6.07, 6.45) is 3.72. The van der Waals surface area contributed by atoms with Crippen LogP contribution in [-0.2, 0) is 6.42 Å². The van der Waals surface area contributed by atoms with Crippen molar-refractivity contribution in [2.75, 3.05) is 0 Å². The molecule has 0 fully saturated rings. The molecule has 2 N–H and O–H groups in total. The fraction of sp³-hybridized carbons (Fsp3) is 0.0256. The minimum absolute atomic E-state index is 0.0571. The number of hydrogen-bond acceptors (Lipinski definition) is 12. The van der Waals surface area contributed by atoms with Crippen LogP contribution in [0.5, 0.6) is 11.5 Å². The van der Waals surface area contributed by atoms with Crippen molar-refractivity contribution in [3.05, 3.63) is 148 Å². The molecule has 260 valence electrons. The molecule has 0 aliphatic rings. The molecule has 0 bridgehead atoms. The van der Waals surface area contributed by atoms with Crippen molar-refractivity contribution in [2.45, 2.75) is 6.42 Å². The Labute approximate surface area is 324 Å². The van der Waals surface area contributed by atoms with Crippen molar-refractivity contribution in [3.8, 4) is 34.0 Å². The van der Waals surface area contributed by atoms with E-state index in [2.05, 4.69) is 51.8 Å². The number of benzene rings is 4. The van der Waals surface area contributed by atoms with Crippen molar-refractivity contribution in [1.82, 2.24) is 9.97 Å². The van der Waals surface area contributed by atoms with E-state index in [1.165, 1.54) is 22.7 Å². The standard InChI is InChI=1S/C39H22Br2N4O6S2/c40-24-7-1-20(2-8-24)16-42-38-44-28(18-52-38)32-34(46)26-14-22(5-11-30(26)50-36(32)48)13-23-6-12-31-27(15-23)35(47)33(37(49)51-31)29-19-53-39(45-29)43-17-21-3-9-25(41)10-4-21/h1-12,14-19,46-47H,13H2/b42-16-,43-17-. The van der Waals surface area contributed by atoms with Gasteiger partial charge in [0.05, 0.1) is 22.2 Å². The van der Waals surface area contributed by atoms with Crippen LogP contribution in [0.25, 0.3) is 44.5 Å². The second-order valence-corrected chi connectivity index (χ2v) is 15.2. The van der Waals surface area contributed by atoms with E-state index < -0.39 is 11.3 Å². The number of halogens is 2. The van der Waals surface area contributed by atoms with Gasteiger partial charge < -0.3 is 19.0 Å². The molecule has 0 atom stereocenters. The zero-order chi connectivity index (χ0) is 36.6. The Morgan fingerprint density at radius 3 is 1.45 bits per heavy atom. The van der Waals surface area contributed by atoms with Gasteiger partial charge in [-0.05, 0) is 77.2 Å². The van der Waals surface area contributed by atoms with E-state index >= 15 is 0 Å². The van der Waals surface area contributed by atoms with Crippen LogP contribution >= 0.6 is 54.5 Å². The minimum Gasteiger partial charge on any atom is -0.506 e. The number of fused-ring (bicyclic) bond motifs is 2. The van der Waals surface area contributed by atoms with E-state index in [-0.39, 0.29) is 45.2 Å². The van der Waals surface area contributed by atoms with Crippen molar-refractivity contribution in [3.63, 3.8) is 0 Å². The Kier molecular flexibility index (Phi) is 9.43. The first-order chi connectivity index (χ1) is 25.7. The van der Waals surface area contributed by atoms with E-state index in [9.17, 15) is 19.8 Å². The van der Waals surface area contributed by atoms with E-state index in [1.807, 2.05) is 48.5 Å². The van der Waals surface area contributed by atoms with Gasteiger partial charge in [-0.1, -0.05) is 68.3 Å².